The maximum absolute atomic E-state index is 13.0. The van der Waals surface area contributed by atoms with Gasteiger partial charge in [0.25, 0.3) is 0 Å². The van der Waals surface area contributed by atoms with Crippen molar-refractivity contribution in [2.24, 2.45) is 5.92 Å². The van der Waals surface area contributed by atoms with Crippen LogP contribution in [0, 0.1) is 5.92 Å². The molecule has 1 heterocycles. The standard InChI is InChI=1S/C10H16BrF2NO3/c1-9(2,3)17-8(16)14-4-6(7(15)5-14)10(11,12)13/h6-7,15H,4-5H2,1-3H3/t6-,7-/m1/s1. The fourth-order valence-corrected chi connectivity index (χ4v) is 2.03. The minimum Gasteiger partial charge on any atom is -0.444 e. The van der Waals surface area contributed by atoms with Gasteiger partial charge in [0.15, 0.2) is 0 Å². The Hall–Kier alpha value is -0.430. The molecule has 2 atom stereocenters. The predicted octanol–water partition coefficient (Wildman–Crippen LogP) is 2.20. The van der Waals surface area contributed by atoms with Crippen molar-refractivity contribution in [2.75, 3.05) is 13.1 Å². The number of β-amino-alcohol motifs (C(OH)–C–C–N with tert-alkyl or cyclic N) is 1. The van der Waals surface area contributed by atoms with E-state index in [1.165, 1.54) is 0 Å². The van der Waals surface area contributed by atoms with Crippen molar-refractivity contribution in [3.8, 4) is 0 Å². The monoisotopic (exact) mass is 315 g/mol. The van der Waals surface area contributed by atoms with Gasteiger partial charge in [-0.15, -0.1) is 0 Å². The van der Waals surface area contributed by atoms with Crippen LogP contribution < -0.4 is 0 Å². The first-order valence-corrected chi connectivity index (χ1v) is 6.03. The molecule has 0 aromatic rings. The number of halogens is 3. The number of amides is 1. The molecule has 17 heavy (non-hydrogen) atoms. The van der Waals surface area contributed by atoms with Gasteiger partial charge < -0.3 is 14.7 Å². The molecule has 1 saturated heterocycles. The highest BCUT2D eigenvalue weighted by Gasteiger charge is 2.48. The summed E-state index contributed by atoms with van der Waals surface area (Å²) in [6.45, 7) is 4.70. The molecule has 1 amide bonds. The third kappa shape index (κ3) is 4.06. The van der Waals surface area contributed by atoms with Crippen molar-refractivity contribution in [2.45, 2.75) is 37.3 Å². The van der Waals surface area contributed by atoms with Crippen molar-refractivity contribution >= 4 is 22.0 Å². The van der Waals surface area contributed by atoms with E-state index in [-0.39, 0.29) is 13.1 Å². The van der Waals surface area contributed by atoms with Crippen LogP contribution in [0.3, 0.4) is 0 Å². The van der Waals surface area contributed by atoms with E-state index < -0.39 is 28.5 Å². The second kappa shape index (κ2) is 4.68. The lowest BCUT2D eigenvalue weighted by Gasteiger charge is -2.24. The van der Waals surface area contributed by atoms with Gasteiger partial charge in [-0.05, 0) is 36.7 Å². The molecule has 4 nitrogen and oxygen atoms in total. The second-order valence-electron chi connectivity index (χ2n) is 5.10. The second-order valence-corrected chi connectivity index (χ2v) is 6.16. The lowest BCUT2D eigenvalue weighted by atomic mass is 10.1. The lowest BCUT2D eigenvalue weighted by molar-refractivity contribution is -0.00301. The van der Waals surface area contributed by atoms with E-state index in [0.29, 0.717) is 0 Å². The normalized spacial score (nSPS) is 26.2. The van der Waals surface area contributed by atoms with Gasteiger partial charge in [0.2, 0.25) is 0 Å². The van der Waals surface area contributed by atoms with E-state index in [1.54, 1.807) is 20.8 Å². The number of aliphatic hydroxyl groups excluding tert-OH is 1. The van der Waals surface area contributed by atoms with Crippen LogP contribution in [0.25, 0.3) is 0 Å². The summed E-state index contributed by atoms with van der Waals surface area (Å²) in [5.41, 5.74) is -0.683. The van der Waals surface area contributed by atoms with Gasteiger partial charge in [0, 0.05) is 6.54 Å². The van der Waals surface area contributed by atoms with Gasteiger partial charge in [0.1, 0.15) is 5.60 Å². The van der Waals surface area contributed by atoms with Crippen molar-refractivity contribution in [1.29, 1.82) is 0 Å². The van der Waals surface area contributed by atoms with Crippen molar-refractivity contribution in [3.05, 3.63) is 0 Å². The van der Waals surface area contributed by atoms with Crippen LogP contribution in [-0.2, 0) is 4.74 Å². The highest BCUT2D eigenvalue weighted by Crippen LogP contribution is 2.37. The molecule has 1 fully saturated rings. The van der Waals surface area contributed by atoms with Gasteiger partial charge in [-0.2, -0.15) is 8.78 Å². The van der Waals surface area contributed by atoms with Gasteiger partial charge in [-0.3, -0.25) is 0 Å². The Bertz CT molecular complexity index is 301. The molecule has 1 aliphatic rings. The SMILES string of the molecule is CC(C)(C)OC(=O)N1C[C@@H](O)[C@H](C(F)(F)Br)C1. The average Bonchev–Trinajstić information content (AvgIpc) is 2.42. The van der Waals surface area contributed by atoms with Crippen LogP contribution in [0.4, 0.5) is 13.6 Å². The number of likely N-dealkylation sites (tertiary alicyclic amines) is 1. The summed E-state index contributed by atoms with van der Waals surface area (Å²) in [5, 5.41) is 9.48. The summed E-state index contributed by atoms with van der Waals surface area (Å²) in [6.07, 6.45) is -1.94. The summed E-state index contributed by atoms with van der Waals surface area (Å²) >= 11 is 2.21. The molecule has 0 aliphatic carbocycles. The molecule has 100 valence electrons. The first-order chi connectivity index (χ1) is 7.50. The third-order valence-electron chi connectivity index (χ3n) is 2.36. The number of rotatable bonds is 1. The van der Waals surface area contributed by atoms with E-state index in [0.717, 1.165) is 4.90 Å². The van der Waals surface area contributed by atoms with E-state index >= 15 is 0 Å². The van der Waals surface area contributed by atoms with Gasteiger partial charge >= 0.3 is 10.9 Å². The summed E-state index contributed by atoms with van der Waals surface area (Å²) in [4.78, 5) is 9.51. The number of hydrogen-bond donors (Lipinski definition) is 1. The molecule has 1 N–H and O–H groups in total. The van der Waals surface area contributed by atoms with Gasteiger partial charge in [-0.1, -0.05) is 0 Å². The fourth-order valence-electron chi connectivity index (χ4n) is 1.58. The molecule has 1 aliphatic heterocycles. The van der Waals surface area contributed by atoms with Crippen LogP contribution in [0.15, 0.2) is 0 Å². The Labute approximate surface area is 107 Å². The average molecular weight is 316 g/mol. The molecule has 0 unspecified atom stereocenters. The summed E-state index contributed by atoms with van der Waals surface area (Å²) < 4.78 is 31.1. The Kier molecular flexibility index (Phi) is 4.03. The Morgan fingerprint density at radius 3 is 2.29 bits per heavy atom. The Morgan fingerprint density at radius 1 is 1.41 bits per heavy atom. The number of ether oxygens (including phenoxy) is 1. The number of carbonyl (C=O) groups excluding carboxylic acids is 1. The van der Waals surface area contributed by atoms with Gasteiger partial charge in [-0.25, -0.2) is 4.79 Å². The fraction of sp³-hybridized carbons (Fsp3) is 0.900. The Balaban J connectivity index is 2.63. The molecule has 7 heteroatoms. The quantitative estimate of drug-likeness (QED) is 0.755. The molecule has 1 rings (SSSR count). The molecule has 0 saturated carbocycles. The summed E-state index contributed by atoms with van der Waals surface area (Å²) in [5.74, 6) is -1.31. The zero-order chi connectivity index (χ0) is 13.4. The van der Waals surface area contributed by atoms with Crippen molar-refractivity contribution < 1.29 is 23.4 Å². The minimum atomic E-state index is -3.19. The number of carbonyl (C=O) groups is 1. The maximum atomic E-state index is 13.0. The largest absolute Gasteiger partial charge is 0.444 e. The first kappa shape index (κ1) is 14.6. The van der Waals surface area contributed by atoms with Crippen LogP contribution >= 0.6 is 15.9 Å². The molecule has 0 bridgehead atoms. The molecule has 0 spiro atoms. The molecular weight excluding hydrogens is 300 g/mol. The van der Waals surface area contributed by atoms with E-state index in [4.69, 9.17) is 4.74 Å². The number of hydrogen-bond acceptors (Lipinski definition) is 3. The summed E-state index contributed by atoms with van der Waals surface area (Å²) in [7, 11) is 0. The van der Waals surface area contributed by atoms with Crippen molar-refractivity contribution in [3.63, 3.8) is 0 Å². The smallest absolute Gasteiger partial charge is 0.410 e. The summed E-state index contributed by atoms with van der Waals surface area (Å²) in [6, 6.07) is 0. The topological polar surface area (TPSA) is 49.8 Å². The van der Waals surface area contributed by atoms with Crippen LogP contribution in [0.5, 0.6) is 0 Å². The zero-order valence-corrected chi connectivity index (χ0v) is 11.5. The number of aliphatic hydroxyl groups is 1. The van der Waals surface area contributed by atoms with E-state index in [9.17, 15) is 18.7 Å². The van der Waals surface area contributed by atoms with Crippen LogP contribution in [0.2, 0.25) is 0 Å². The Morgan fingerprint density at radius 2 is 1.94 bits per heavy atom. The highest BCUT2D eigenvalue weighted by molar-refractivity contribution is 9.10. The maximum Gasteiger partial charge on any atom is 0.410 e. The number of nitrogens with zero attached hydrogens (tertiary/aromatic N) is 1. The minimum absolute atomic E-state index is 0.138. The van der Waals surface area contributed by atoms with Crippen molar-refractivity contribution in [1.82, 2.24) is 4.90 Å². The van der Waals surface area contributed by atoms with Crippen LogP contribution in [0.1, 0.15) is 20.8 Å². The lowest BCUT2D eigenvalue weighted by Crippen LogP contribution is -2.36. The molecular formula is C10H16BrF2NO3. The molecule has 0 aromatic carbocycles. The number of alkyl halides is 3. The highest BCUT2D eigenvalue weighted by atomic mass is 79.9. The van der Waals surface area contributed by atoms with Crippen LogP contribution in [-0.4, -0.2) is 45.7 Å². The van der Waals surface area contributed by atoms with Gasteiger partial charge in [0.05, 0.1) is 18.6 Å². The third-order valence-corrected chi connectivity index (χ3v) is 2.95. The predicted molar refractivity (Wildman–Crippen MR) is 61.2 cm³/mol. The molecule has 0 radical (unpaired) electrons. The molecule has 0 aromatic heterocycles. The zero-order valence-electron chi connectivity index (χ0n) is 9.91. The first-order valence-electron chi connectivity index (χ1n) is 5.23. The van der Waals surface area contributed by atoms with E-state index in [2.05, 4.69) is 15.9 Å². The van der Waals surface area contributed by atoms with E-state index in [1.807, 2.05) is 0 Å².